The van der Waals surface area contributed by atoms with E-state index >= 15 is 0 Å². The van der Waals surface area contributed by atoms with Gasteiger partial charge in [-0.2, -0.15) is 0 Å². The third kappa shape index (κ3) is 2.72. The van der Waals surface area contributed by atoms with Crippen molar-refractivity contribution >= 4 is 28.3 Å². The summed E-state index contributed by atoms with van der Waals surface area (Å²) in [6.45, 7) is 4.08. The van der Waals surface area contributed by atoms with Crippen LogP contribution in [0.1, 0.15) is 27.0 Å². The maximum Gasteiger partial charge on any atom is 0.169 e. The van der Waals surface area contributed by atoms with E-state index in [0.29, 0.717) is 17.0 Å². The fourth-order valence-corrected chi connectivity index (χ4v) is 2.75. The zero-order valence-corrected chi connectivity index (χ0v) is 12.8. The van der Waals surface area contributed by atoms with E-state index in [1.807, 2.05) is 32.0 Å². The highest BCUT2D eigenvalue weighted by atomic mass is 35.5. The number of hydrogen-bond donors (Lipinski definition) is 1. The van der Waals surface area contributed by atoms with Gasteiger partial charge in [-0.3, -0.25) is 4.79 Å². The van der Waals surface area contributed by atoms with Gasteiger partial charge in [0.2, 0.25) is 0 Å². The Kier molecular flexibility index (Phi) is 3.56. The molecule has 3 aromatic rings. The lowest BCUT2D eigenvalue weighted by Gasteiger charge is -2.06. The summed E-state index contributed by atoms with van der Waals surface area (Å²) >= 11 is 6.03. The molecule has 2 aromatic carbocycles. The van der Waals surface area contributed by atoms with E-state index in [0.717, 1.165) is 22.0 Å². The lowest BCUT2D eigenvalue weighted by atomic mass is 9.97. The number of carbonyl (C=O) groups excluding carboxylic acids is 1. The van der Waals surface area contributed by atoms with E-state index in [9.17, 15) is 4.79 Å². The number of carbonyl (C=O) groups is 1. The van der Waals surface area contributed by atoms with E-state index in [1.165, 1.54) is 5.56 Å². The highest BCUT2D eigenvalue weighted by Gasteiger charge is 2.14. The number of halogens is 1. The van der Waals surface area contributed by atoms with E-state index in [-0.39, 0.29) is 5.78 Å². The van der Waals surface area contributed by atoms with Crippen molar-refractivity contribution in [2.24, 2.45) is 0 Å². The minimum absolute atomic E-state index is 0.109. The van der Waals surface area contributed by atoms with Crippen LogP contribution in [-0.2, 0) is 6.42 Å². The highest BCUT2D eigenvalue weighted by Crippen LogP contribution is 2.24. The number of aromatic amines is 1. The minimum Gasteiger partial charge on any atom is -0.360 e. The fraction of sp³-hybridized carbons (Fsp3) is 0.167. The smallest absolute Gasteiger partial charge is 0.169 e. The number of Topliss-reactive ketones (excluding diaryl/α,β-unsaturated/α-hetero) is 1. The molecular weight excluding hydrogens is 282 g/mol. The van der Waals surface area contributed by atoms with Gasteiger partial charge in [-0.15, -0.1) is 0 Å². The van der Waals surface area contributed by atoms with Crippen molar-refractivity contribution < 1.29 is 4.79 Å². The van der Waals surface area contributed by atoms with Gasteiger partial charge in [0, 0.05) is 34.1 Å². The van der Waals surface area contributed by atoms with Crippen LogP contribution in [-0.4, -0.2) is 10.8 Å². The van der Waals surface area contributed by atoms with Crippen LogP contribution in [0.25, 0.3) is 10.9 Å². The SMILES string of the molecule is Cc1ccc(C)c(CC(=O)c2c[nH]c3ccc(Cl)cc23)c1. The van der Waals surface area contributed by atoms with Crippen LogP contribution >= 0.6 is 11.6 Å². The van der Waals surface area contributed by atoms with Crippen molar-refractivity contribution in [2.45, 2.75) is 20.3 Å². The molecule has 106 valence electrons. The zero-order chi connectivity index (χ0) is 15.0. The van der Waals surface area contributed by atoms with Gasteiger partial charge in [0.25, 0.3) is 0 Å². The molecule has 0 saturated heterocycles. The summed E-state index contributed by atoms with van der Waals surface area (Å²) in [5.41, 5.74) is 5.03. The van der Waals surface area contributed by atoms with E-state index in [2.05, 4.69) is 23.2 Å². The number of nitrogens with one attached hydrogen (secondary N) is 1. The van der Waals surface area contributed by atoms with E-state index in [1.54, 1.807) is 6.20 Å². The molecule has 1 aromatic heterocycles. The first-order valence-electron chi connectivity index (χ1n) is 6.90. The monoisotopic (exact) mass is 297 g/mol. The van der Waals surface area contributed by atoms with Crippen molar-refractivity contribution in [3.05, 3.63) is 69.9 Å². The predicted molar refractivity (Wildman–Crippen MR) is 87.3 cm³/mol. The predicted octanol–water partition coefficient (Wildman–Crippen LogP) is 4.86. The molecule has 0 radical (unpaired) electrons. The molecule has 0 aliphatic carbocycles. The van der Waals surface area contributed by atoms with Crippen molar-refractivity contribution in [1.82, 2.24) is 4.98 Å². The van der Waals surface area contributed by atoms with Gasteiger partial charge in [-0.1, -0.05) is 35.4 Å². The Morgan fingerprint density at radius 3 is 2.76 bits per heavy atom. The Morgan fingerprint density at radius 2 is 1.95 bits per heavy atom. The standard InChI is InChI=1S/C18H16ClNO/c1-11-3-4-12(2)13(7-11)8-18(21)16-10-20-17-6-5-14(19)9-15(16)17/h3-7,9-10,20H,8H2,1-2H3. The van der Waals surface area contributed by atoms with Crippen LogP contribution in [0.2, 0.25) is 5.02 Å². The summed E-state index contributed by atoms with van der Waals surface area (Å²) in [6, 6.07) is 11.8. The van der Waals surface area contributed by atoms with Crippen LogP contribution in [0.15, 0.2) is 42.6 Å². The molecule has 0 amide bonds. The van der Waals surface area contributed by atoms with Gasteiger partial charge in [0.05, 0.1) is 0 Å². The Morgan fingerprint density at radius 1 is 1.14 bits per heavy atom. The normalized spacial score (nSPS) is 11.0. The molecule has 3 heteroatoms. The average molecular weight is 298 g/mol. The first-order chi connectivity index (χ1) is 10.0. The molecule has 2 nitrogen and oxygen atoms in total. The third-order valence-electron chi connectivity index (χ3n) is 3.80. The molecule has 21 heavy (non-hydrogen) atoms. The van der Waals surface area contributed by atoms with Crippen molar-refractivity contribution in [3.8, 4) is 0 Å². The Bertz CT molecular complexity index is 832. The molecule has 0 aliphatic rings. The summed E-state index contributed by atoms with van der Waals surface area (Å²) < 4.78 is 0. The molecule has 0 aliphatic heterocycles. The summed E-state index contributed by atoms with van der Waals surface area (Å²) in [4.78, 5) is 15.7. The van der Waals surface area contributed by atoms with E-state index in [4.69, 9.17) is 11.6 Å². The Labute approximate surface area is 128 Å². The first-order valence-corrected chi connectivity index (χ1v) is 7.28. The topological polar surface area (TPSA) is 32.9 Å². The molecule has 0 fully saturated rings. The van der Waals surface area contributed by atoms with Crippen molar-refractivity contribution in [2.75, 3.05) is 0 Å². The van der Waals surface area contributed by atoms with Gasteiger partial charge < -0.3 is 4.98 Å². The number of aryl methyl sites for hydroxylation is 2. The molecule has 1 N–H and O–H groups in total. The first kappa shape index (κ1) is 13.9. The number of fused-ring (bicyclic) bond motifs is 1. The highest BCUT2D eigenvalue weighted by molar-refractivity contribution is 6.31. The third-order valence-corrected chi connectivity index (χ3v) is 4.03. The van der Waals surface area contributed by atoms with Gasteiger partial charge in [-0.25, -0.2) is 0 Å². The molecule has 0 unspecified atom stereocenters. The molecule has 0 bridgehead atoms. The summed E-state index contributed by atoms with van der Waals surface area (Å²) in [6.07, 6.45) is 2.18. The van der Waals surface area contributed by atoms with Crippen molar-refractivity contribution in [3.63, 3.8) is 0 Å². The number of rotatable bonds is 3. The minimum atomic E-state index is 0.109. The molecular formula is C18H16ClNO. The van der Waals surface area contributed by atoms with Gasteiger partial charge in [0.15, 0.2) is 5.78 Å². The van der Waals surface area contributed by atoms with Gasteiger partial charge in [0.1, 0.15) is 0 Å². The van der Waals surface area contributed by atoms with Crippen LogP contribution in [0.4, 0.5) is 0 Å². The van der Waals surface area contributed by atoms with Crippen LogP contribution < -0.4 is 0 Å². The molecule has 3 rings (SSSR count). The van der Waals surface area contributed by atoms with Gasteiger partial charge in [-0.05, 0) is 43.2 Å². The maximum atomic E-state index is 12.6. The second kappa shape index (κ2) is 5.38. The fourth-order valence-electron chi connectivity index (χ4n) is 2.58. The maximum absolute atomic E-state index is 12.6. The molecule has 1 heterocycles. The van der Waals surface area contributed by atoms with Gasteiger partial charge >= 0.3 is 0 Å². The van der Waals surface area contributed by atoms with Crippen LogP contribution in [0.3, 0.4) is 0 Å². The summed E-state index contributed by atoms with van der Waals surface area (Å²) in [5, 5.41) is 1.53. The largest absolute Gasteiger partial charge is 0.360 e. The zero-order valence-electron chi connectivity index (χ0n) is 12.0. The lowest BCUT2D eigenvalue weighted by molar-refractivity contribution is 0.0994. The number of hydrogen-bond acceptors (Lipinski definition) is 1. The Balaban J connectivity index is 1.97. The second-order valence-corrected chi connectivity index (χ2v) is 5.86. The Hall–Kier alpha value is -2.06. The summed E-state index contributed by atoms with van der Waals surface area (Å²) in [5.74, 6) is 0.109. The van der Waals surface area contributed by atoms with Crippen molar-refractivity contribution in [1.29, 1.82) is 0 Å². The molecule has 0 saturated carbocycles. The van der Waals surface area contributed by atoms with E-state index < -0.39 is 0 Å². The average Bonchev–Trinajstić information content (AvgIpc) is 2.85. The molecule has 0 atom stereocenters. The number of benzene rings is 2. The van der Waals surface area contributed by atoms with Crippen LogP contribution in [0.5, 0.6) is 0 Å². The second-order valence-electron chi connectivity index (χ2n) is 5.42. The quantitative estimate of drug-likeness (QED) is 0.688. The summed E-state index contributed by atoms with van der Waals surface area (Å²) in [7, 11) is 0. The number of ketones is 1. The molecule has 0 spiro atoms. The number of H-pyrrole nitrogens is 1. The number of aromatic nitrogens is 1. The van der Waals surface area contributed by atoms with Crippen LogP contribution in [0, 0.1) is 13.8 Å². The lowest BCUT2D eigenvalue weighted by Crippen LogP contribution is -2.04.